The summed E-state index contributed by atoms with van der Waals surface area (Å²) in [4.78, 5) is 14.6. The van der Waals surface area contributed by atoms with Gasteiger partial charge in [0.05, 0.1) is 5.54 Å². The van der Waals surface area contributed by atoms with E-state index >= 15 is 0 Å². The van der Waals surface area contributed by atoms with Crippen LogP contribution in [0.3, 0.4) is 0 Å². The molecule has 2 rings (SSSR count). The number of para-hydroxylation sites is 1. The average molecular weight is 375 g/mol. The third-order valence-corrected chi connectivity index (χ3v) is 4.22. The van der Waals surface area contributed by atoms with Crippen LogP contribution in [-0.2, 0) is 5.54 Å². The maximum Gasteiger partial charge on any atom is 0.322 e. The van der Waals surface area contributed by atoms with Crippen molar-refractivity contribution in [3.63, 3.8) is 0 Å². The summed E-state index contributed by atoms with van der Waals surface area (Å²) in [6, 6.07) is 17.7. The summed E-state index contributed by atoms with van der Waals surface area (Å²) >= 11 is 3.49. The van der Waals surface area contributed by atoms with Crippen LogP contribution in [0.2, 0.25) is 0 Å². The predicted octanol–water partition coefficient (Wildman–Crippen LogP) is 5.31. The molecule has 0 heterocycles. The number of rotatable bonds is 5. The number of hydrogen-bond acceptors (Lipinski definition) is 1. The van der Waals surface area contributed by atoms with Gasteiger partial charge < -0.3 is 5.32 Å². The van der Waals surface area contributed by atoms with Crippen LogP contribution in [0.15, 0.2) is 59.1 Å². The Balaban J connectivity index is 2.21. The van der Waals surface area contributed by atoms with E-state index in [0.717, 1.165) is 22.1 Å². The van der Waals surface area contributed by atoms with Gasteiger partial charge in [-0.1, -0.05) is 53.2 Å². The smallest absolute Gasteiger partial charge is 0.322 e. The van der Waals surface area contributed by atoms with Crippen LogP contribution in [0.5, 0.6) is 0 Å². The summed E-state index contributed by atoms with van der Waals surface area (Å²) in [6.07, 6.45) is 0.902. The second-order valence-corrected chi connectivity index (χ2v) is 6.97. The Morgan fingerprint density at radius 3 is 2.43 bits per heavy atom. The van der Waals surface area contributed by atoms with Crippen LogP contribution < -0.4 is 10.2 Å². The summed E-state index contributed by atoms with van der Waals surface area (Å²) < 4.78 is 1.01. The van der Waals surface area contributed by atoms with Gasteiger partial charge in [0.2, 0.25) is 0 Å². The van der Waals surface area contributed by atoms with Crippen LogP contribution in [-0.4, -0.2) is 12.6 Å². The molecule has 0 fully saturated rings. The summed E-state index contributed by atoms with van der Waals surface area (Å²) in [6.45, 7) is 6.79. The molecule has 4 heteroatoms. The third-order valence-electron chi connectivity index (χ3n) is 3.73. The lowest BCUT2D eigenvalue weighted by atomic mass is 9.94. The van der Waals surface area contributed by atoms with Crippen LogP contribution in [0, 0.1) is 0 Å². The average Bonchev–Trinajstić information content (AvgIpc) is 2.53. The lowest BCUT2D eigenvalue weighted by Gasteiger charge is -2.31. The van der Waals surface area contributed by atoms with Crippen molar-refractivity contribution in [3.05, 3.63) is 64.6 Å². The van der Waals surface area contributed by atoms with Crippen LogP contribution in [0.25, 0.3) is 0 Å². The number of anilines is 1. The van der Waals surface area contributed by atoms with Crippen molar-refractivity contribution < 1.29 is 4.79 Å². The summed E-state index contributed by atoms with van der Waals surface area (Å²) in [7, 11) is 0. The van der Waals surface area contributed by atoms with Gasteiger partial charge in [-0.15, -0.1) is 0 Å². The maximum atomic E-state index is 12.8. The van der Waals surface area contributed by atoms with Gasteiger partial charge in [0.25, 0.3) is 0 Å². The van der Waals surface area contributed by atoms with Gasteiger partial charge in [-0.05, 0) is 50.1 Å². The van der Waals surface area contributed by atoms with Gasteiger partial charge in [0, 0.05) is 16.7 Å². The zero-order valence-corrected chi connectivity index (χ0v) is 15.4. The minimum absolute atomic E-state index is 0.0805. The molecule has 0 aliphatic carbocycles. The van der Waals surface area contributed by atoms with Crippen molar-refractivity contribution in [1.82, 2.24) is 5.32 Å². The van der Waals surface area contributed by atoms with Crippen molar-refractivity contribution in [3.8, 4) is 0 Å². The molecule has 2 aromatic carbocycles. The Bertz CT molecular complexity index is 655. The molecule has 0 spiro atoms. The first kappa shape index (κ1) is 17.5. The zero-order valence-electron chi connectivity index (χ0n) is 13.8. The number of carbonyl (C=O) groups is 1. The van der Waals surface area contributed by atoms with E-state index in [2.05, 4.69) is 28.2 Å². The molecular formula is C19H23BrN2O. The Morgan fingerprint density at radius 1 is 1.13 bits per heavy atom. The molecule has 0 saturated carbocycles. The lowest BCUT2D eigenvalue weighted by Crippen LogP contribution is -2.49. The van der Waals surface area contributed by atoms with Crippen molar-refractivity contribution in [2.75, 3.05) is 11.4 Å². The Kier molecular flexibility index (Phi) is 5.83. The summed E-state index contributed by atoms with van der Waals surface area (Å²) in [5.74, 6) is 0. The van der Waals surface area contributed by atoms with Gasteiger partial charge in [-0.25, -0.2) is 4.79 Å². The Hall–Kier alpha value is -1.81. The fourth-order valence-electron chi connectivity index (χ4n) is 2.46. The molecule has 0 saturated heterocycles. The predicted molar refractivity (Wildman–Crippen MR) is 99.8 cm³/mol. The molecule has 0 radical (unpaired) electrons. The number of urea groups is 1. The van der Waals surface area contributed by atoms with E-state index in [0.29, 0.717) is 6.54 Å². The third kappa shape index (κ3) is 4.58. The van der Waals surface area contributed by atoms with Crippen LogP contribution in [0.1, 0.15) is 32.8 Å². The van der Waals surface area contributed by atoms with Gasteiger partial charge >= 0.3 is 6.03 Å². The molecule has 1 N–H and O–H groups in total. The highest BCUT2D eigenvalue weighted by Crippen LogP contribution is 2.24. The number of nitrogens with zero attached hydrogens (tertiary/aromatic N) is 1. The van der Waals surface area contributed by atoms with E-state index in [1.54, 1.807) is 4.90 Å². The monoisotopic (exact) mass is 374 g/mol. The van der Waals surface area contributed by atoms with Crippen molar-refractivity contribution in [2.24, 2.45) is 0 Å². The molecular weight excluding hydrogens is 352 g/mol. The number of nitrogens with one attached hydrogen (secondary N) is 1. The van der Waals surface area contributed by atoms with E-state index < -0.39 is 5.54 Å². The molecule has 23 heavy (non-hydrogen) atoms. The van der Waals surface area contributed by atoms with E-state index in [1.807, 2.05) is 68.4 Å². The SMILES string of the molecule is CCCN(C(=O)NC(C)(C)c1cccc(Br)c1)c1ccccc1. The molecule has 0 atom stereocenters. The second-order valence-electron chi connectivity index (χ2n) is 6.05. The zero-order chi connectivity index (χ0) is 16.9. The summed E-state index contributed by atoms with van der Waals surface area (Å²) in [5.41, 5.74) is 1.52. The molecule has 0 bridgehead atoms. The fourth-order valence-corrected chi connectivity index (χ4v) is 2.86. The first-order valence-electron chi connectivity index (χ1n) is 7.85. The largest absolute Gasteiger partial charge is 0.329 e. The molecule has 122 valence electrons. The second kappa shape index (κ2) is 7.64. The quantitative estimate of drug-likeness (QED) is 0.755. The van der Waals surface area contributed by atoms with E-state index in [1.165, 1.54) is 0 Å². The van der Waals surface area contributed by atoms with Gasteiger partial charge in [-0.2, -0.15) is 0 Å². The standard InChI is InChI=1S/C19H23BrN2O/c1-4-13-22(17-11-6-5-7-12-17)18(23)21-19(2,3)15-9-8-10-16(20)14-15/h5-12,14H,4,13H2,1-3H3,(H,21,23). The molecule has 2 amide bonds. The number of carbonyl (C=O) groups excluding carboxylic acids is 1. The minimum atomic E-state index is -0.457. The first-order valence-corrected chi connectivity index (χ1v) is 8.64. The molecule has 0 unspecified atom stereocenters. The minimum Gasteiger partial charge on any atom is -0.329 e. The van der Waals surface area contributed by atoms with Gasteiger partial charge in [-0.3, -0.25) is 4.90 Å². The molecule has 0 aromatic heterocycles. The van der Waals surface area contributed by atoms with E-state index in [4.69, 9.17) is 0 Å². The van der Waals surface area contributed by atoms with Crippen molar-refractivity contribution >= 4 is 27.6 Å². The molecule has 0 aliphatic heterocycles. The van der Waals surface area contributed by atoms with Crippen molar-refractivity contribution in [1.29, 1.82) is 0 Å². The van der Waals surface area contributed by atoms with Crippen LogP contribution >= 0.6 is 15.9 Å². The highest BCUT2D eigenvalue weighted by molar-refractivity contribution is 9.10. The highest BCUT2D eigenvalue weighted by atomic mass is 79.9. The Labute approximate surface area is 146 Å². The van der Waals surface area contributed by atoms with E-state index in [-0.39, 0.29) is 6.03 Å². The topological polar surface area (TPSA) is 32.3 Å². The van der Waals surface area contributed by atoms with Gasteiger partial charge in [0.1, 0.15) is 0 Å². The highest BCUT2D eigenvalue weighted by Gasteiger charge is 2.26. The molecule has 3 nitrogen and oxygen atoms in total. The van der Waals surface area contributed by atoms with Crippen molar-refractivity contribution in [2.45, 2.75) is 32.7 Å². The van der Waals surface area contributed by atoms with Gasteiger partial charge in [0.15, 0.2) is 0 Å². The number of amides is 2. The first-order chi connectivity index (χ1) is 10.9. The lowest BCUT2D eigenvalue weighted by molar-refractivity contribution is 0.235. The van der Waals surface area contributed by atoms with Crippen LogP contribution in [0.4, 0.5) is 10.5 Å². The van der Waals surface area contributed by atoms with E-state index in [9.17, 15) is 4.79 Å². The molecule has 2 aromatic rings. The Morgan fingerprint density at radius 2 is 1.83 bits per heavy atom. The number of benzene rings is 2. The summed E-state index contributed by atoms with van der Waals surface area (Å²) in [5, 5.41) is 3.15. The normalized spacial score (nSPS) is 11.1. The fraction of sp³-hybridized carbons (Fsp3) is 0.316. The maximum absolute atomic E-state index is 12.8. The number of hydrogen-bond donors (Lipinski definition) is 1. The molecule has 0 aliphatic rings. The number of halogens is 1.